The molecule has 1 aromatic rings. The first-order chi connectivity index (χ1) is 7.24. The quantitative estimate of drug-likeness (QED) is 0.755. The molecule has 4 nitrogen and oxygen atoms in total. The van der Waals surface area contributed by atoms with E-state index < -0.39 is 0 Å². The average molecular weight is 207 g/mol. The van der Waals surface area contributed by atoms with Crippen LogP contribution in [0, 0.1) is 0 Å². The molecule has 1 heterocycles. The first-order valence-electron chi connectivity index (χ1n) is 5.01. The molecule has 0 aliphatic heterocycles. The summed E-state index contributed by atoms with van der Waals surface area (Å²) in [4.78, 5) is 17.1. The zero-order valence-electron chi connectivity index (χ0n) is 9.23. The van der Waals surface area contributed by atoms with Crippen molar-refractivity contribution in [3.8, 4) is 0 Å². The van der Waals surface area contributed by atoms with Crippen LogP contribution in [0.2, 0.25) is 0 Å². The summed E-state index contributed by atoms with van der Waals surface area (Å²) in [6.07, 6.45) is 4.41. The van der Waals surface area contributed by atoms with Crippen LogP contribution in [0.1, 0.15) is 5.56 Å². The molecule has 0 spiro atoms. The Balaban J connectivity index is 2.34. The van der Waals surface area contributed by atoms with Crippen molar-refractivity contribution in [2.24, 2.45) is 0 Å². The Labute approximate surface area is 90.3 Å². The summed E-state index contributed by atoms with van der Waals surface area (Å²) in [5, 5.41) is 2.85. The lowest BCUT2D eigenvalue weighted by molar-refractivity contribution is -0.128. The minimum absolute atomic E-state index is 0.117. The lowest BCUT2D eigenvalue weighted by Gasteiger charge is -2.16. The van der Waals surface area contributed by atoms with E-state index in [1.807, 2.05) is 19.2 Å². The van der Waals surface area contributed by atoms with Crippen LogP contribution in [0.4, 0.5) is 0 Å². The van der Waals surface area contributed by atoms with E-state index in [1.165, 1.54) is 5.56 Å². The first-order valence-corrected chi connectivity index (χ1v) is 5.01. The van der Waals surface area contributed by atoms with Gasteiger partial charge in [0, 0.05) is 26.0 Å². The Bertz CT molecular complexity index is 300. The van der Waals surface area contributed by atoms with Crippen molar-refractivity contribution in [2.45, 2.75) is 6.42 Å². The van der Waals surface area contributed by atoms with Crippen LogP contribution in [0.25, 0.3) is 0 Å². The summed E-state index contributed by atoms with van der Waals surface area (Å²) >= 11 is 0. The van der Waals surface area contributed by atoms with Crippen molar-refractivity contribution in [1.29, 1.82) is 0 Å². The van der Waals surface area contributed by atoms with Gasteiger partial charge in [0.05, 0.1) is 6.54 Å². The second-order valence-electron chi connectivity index (χ2n) is 3.45. The molecule has 0 unspecified atom stereocenters. The fourth-order valence-electron chi connectivity index (χ4n) is 1.26. The van der Waals surface area contributed by atoms with Gasteiger partial charge in [0.25, 0.3) is 0 Å². The van der Waals surface area contributed by atoms with Gasteiger partial charge < -0.3 is 10.2 Å². The molecule has 0 fully saturated rings. The number of pyridine rings is 1. The summed E-state index contributed by atoms with van der Waals surface area (Å²) in [7, 11) is 3.59. The summed E-state index contributed by atoms with van der Waals surface area (Å²) in [6, 6.07) is 3.94. The maximum Gasteiger partial charge on any atom is 0.236 e. The van der Waals surface area contributed by atoms with E-state index in [9.17, 15) is 4.79 Å². The number of aromatic nitrogens is 1. The van der Waals surface area contributed by atoms with E-state index in [4.69, 9.17) is 0 Å². The van der Waals surface area contributed by atoms with Gasteiger partial charge in [-0.3, -0.25) is 9.78 Å². The van der Waals surface area contributed by atoms with E-state index >= 15 is 0 Å². The van der Waals surface area contributed by atoms with Gasteiger partial charge in [-0.05, 0) is 31.2 Å². The van der Waals surface area contributed by atoms with Crippen LogP contribution in [0.3, 0.4) is 0 Å². The molecule has 0 saturated heterocycles. The van der Waals surface area contributed by atoms with Crippen molar-refractivity contribution >= 4 is 5.91 Å². The van der Waals surface area contributed by atoms with E-state index in [1.54, 1.807) is 24.3 Å². The van der Waals surface area contributed by atoms with Gasteiger partial charge in [0.15, 0.2) is 0 Å². The number of hydrogen-bond acceptors (Lipinski definition) is 3. The lowest BCUT2D eigenvalue weighted by atomic mass is 10.2. The first kappa shape index (κ1) is 11.7. The van der Waals surface area contributed by atoms with Crippen LogP contribution in [-0.2, 0) is 11.2 Å². The summed E-state index contributed by atoms with van der Waals surface area (Å²) < 4.78 is 0. The van der Waals surface area contributed by atoms with Gasteiger partial charge in [-0.25, -0.2) is 0 Å². The topological polar surface area (TPSA) is 45.2 Å². The molecule has 1 rings (SSSR count). The maximum atomic E-state index is 11.4. The average Bonchev–Trinajstić information content (AvgIpc) is 2.27. The van der Waals surface area contributed by atoms with Crippen molar-refractivity contribution in [3.05, 3.63) is 30.1 Å². The lowest BCUT2D eigenvalue weighted by Crippen LogP contribution is -2.35. The van der Waals surface area contributed by atoms with Gasteiger partial charge in [0.1, 0.15) is 0 Å². The molecule has 4 heteroatoms. The van der Waals surface area contributed by atoms with Crippen molar-refractivity contribution in [1.82, 2.24) is 15.2 Å². The number of likely N-dealkylation sites (N-methyl/N-ethyl adjacent to an activating group) is 2. The molecule has 82 valence electrons. The molecule has 0 aliphatic carbocycles. The van der Waals surface area contributed by atoms with Crippen molar-refractivity contribution < 1.29 is 4.79 Å². The highest BCUT2D eigenvalue weighted by molar-refractivity contribution is 5.77. The molecule has 15 heavy (non-hydrogen) atoms. The smallest absolute Gasteiger partial charge is 0.236 e. The van der Waals surface area contributed by atoms with Crippen LogP contribution in [0.5, 0.6) is 0 Å². The maximum absolute atomic E-state index is 11.4. The molecule has 0 radical (unpaired) electrons. The molecular formula is C11H17N3O. The molecule has 1 amide bonds. The standard InChI is InChI=1S/C11H17N3O/c1-12-9-11(15)14(2)8-5-10-3-6-13-7-4-10/h3-4,6-7,12H,5,8-9H2,1-2H3. The highest BCUT2D eigenvalue weighted by Crippen LogP contribution is 1.98. The van der Waals surface area contributed by atoms with Crippen molar-refractivity contribution in [3.63, 3.8) is 0 Å². The Morgan fingerprint density at radius 3 is 2.73 bits per heavy atom. The fourth-order valence-corrected chi connectivity index (χ4v) is 1.26. The number of carbonyl (C=O) groups is 1. The highest BCUT2D eigenvalue weighted by Gasteiger charge is 2.06. The molecular weight excluding hydrogens is 190 g/mol. The van der Waals surface area contributed by atoms with E-state index in [0.29, 0.717) is 6.54 Å². The molecule has 1 aromatic heterocycles. The van der Waals surface area contributed by atoms with Crippen LogP contribution < -0.4 is 5.32 Å². The number of carbonyl (C=O) groups excluding carboxylic acids is 1. The van der Waals surface area contributed by atoms with E-state index in [-0.39, 0.29) is 5.91 Å². The Kier molecular flexibility index (Phi) is 4.77. The SMILES string of the molecule is CNCC(=O)N(C)CCc1ccncc1. The van der Waals surface area contributed by atoms with Gasteiger partial charge in [0.2, 0.25) is 5.91 Å². The normalized spacial score (nSPS) is 10.0. The van der Waals surface area contributed by atoms with E-state index in [2.05, 4.69) is 10.3 Å². The molecule has 0 aromatic carbocycles. The van der Waals surface area contributed by atoms with Crippen LogP contribution in [-0.4, -0.2) is 43.0 Å². The molecule has 1 N–H and O–H groups in total. The number of hydrogen-bond donors (Lipinski definition) is 1. The van der Waals surface area contributed by atoms with Crippen LogP contribution in [0.15, 0.2) is 24.5 Å². The number of nitrogens with zero attached hydrogens (tertiary/aromatic N) is 2. The number of rotatable bonds is 5. The minimum Gasteiger partial charge on any atom is -0.344 e. The molecule has 0 bridgehead atoms. The van der Waals surface area contributed by atoms with E-state index in [0.717, 1.165) is 13.0 Å². The zero-order chi connectivity index (χ0) is 11.1. The van der Waals surface area contributed by atoms with Gasteiger partial charge in [-0.1, -0.05) is 0 Å². The number of amides is 1. The monoisotopic (exact) mass is 207 g/mol. The fraction of sp³-hybridized carbons (Fsp3) is 0.455. The summed E-state index contributed by atoms with van der Waals surface area (Å²) in [5.41, 5.74) is 1.20. The van der Waals surface area contributed by atoms with Gasteiger partial charge >= 0.3 is 0 Å². The number of nitrogens with one attached hydrogen (secondary N) is 1. The van der Waals surface area contributed by atoms with Gasteiger partial charge in [-0.2, -0.15) is 0 Å². The Hall–Kier alpha value is -1.42. The second-order valence-corrected chi connectivity index (χ2v) is 3.45. The molecule has 0 atom stereocenters. The second kappa shape index (κ2) is 6.14. The zero-order valence-corrected chi connectivity index (χ0v) is 9.23. The summed E-state index contributed by atoms with van der Waals surface area (Å²) in [6.45, 7) is 1.14. The third-order valence-electron chi connectivity index (χ3n) is 2.24. The molecule has 0 aliphatic rings. The minimum atomic E-state index is 0.117. The predicted molar refractivity (Wildman–Crippen MR) is 59.5 cm³/mol. The third kappa shape index (κ3) is 4.08. The Morgan fingerprint density at radius 1 is 1.47 bits per heavy atom. The van der Waals surface area contributed by atoms with Crippen LogP contribution >= 0.6 is 0 Å². The third-order valence-corrected chi connectivity index (χ3v) is 2.24. The van der Waals surface area contributed by atoms with Crippen molar-refractivity contribution in [2.75, 3.05) is 27.2 Å². The largest absolute Gasteiger partial charge is 0.344 e. The summed E-state index contributed by atoms with van der Waals surface area (Å²) in [5.74, 6) is 0.117. The predicted octanol–water partition coefficient (Wildman–Crippen LogP) is 0.302. The Morgan fingerprint density at radius 2 is 2.13 bits per heavy atom. The molecule has 0 saturated carbocycles. The van der Waals surface area contributed by atoms with Gasteiger partial charge in [-0.15, -0.1) is 0 Å². The highest BCUT2D eigenvalue weighted by atomic mass is 16.2.